The molecule has 1 aliphatic carbocycles. The molecule has 0 bridgehead atoms. The molecule has 0 amide bonds. The Morgan fingerprint density at radius 3 is 3.00 bits per heavy atom. The number of aliphatic hydroxyl groups is 1. The highest BCUT2D eigenvalue weighted by Crippen LogP contribution is 2.25. The standard InChI is InChI=1S/C12H19NOS/c1-9-5-6-11(15-9)7-13-12-4-2-3-10(12)8-14/h5-6,10,12-14H,2-4,7-8H2,1H3. The van der Waals surface area contributed by atoms with Gasteiger partial charge in [-0.3, -0.25) is 0 Å². The zero-order chi connectivity index (χ0) is 10.7. The smallest absolute Gasteiger partial charge is 0.0474 e. The Kier molecular flexibility index (Phi) is 3.78. The number of rotatable bonds is 4. The first-order chi connectivity index (χ1) is 7.29. The molecule has 15 heavy (non-hydrogen) atoms. The first kappa shape index (κ1) is 11.1. The molecule has 0 aliphatic heterocycles. The van der Waals surface area contributed by atoms with E-state index in [-0.39, 0.29) is 0 Å². The predicted molar refractivity (Wildman–Crippen MR) is 64.1 cm³/mol. The molecule has 1 fully saturated rings. The van der Waals surface area contributed by atoms with Gasteiger partial charge in [-0.2, -0.15) is 0 Å². The van der Waals surface area contributed by atoms with E-state index in [0.717, 1.165) is 6.54 Å². The summed E-state index contributed by atoms with van der Waals surface area (Å²) in [7, 11) is 0. The maximum absolute atomic E-state index is 9.20. The summed E-state index contributed by atoms with van der Waals surface area (Å²) in [5.41, 5.74) is 0. The Morgan fingerprint density at radius 2 is 2.33 bits per heavy atom. The van der Waals surface area contributed by atoms with Crippen LogP contribution in [-0.2, 0) is 6.54 Å². The van der Waals surface area contributed by atoms with Crippen LogP contribution in [0.5, 0.6) is 0 Å². The van der Waals surface area contributed by atoms with Gasteiger partial charge in [0.15, 0.2) is 0 Å². The van der Waals surface area contributed by atoms with Crippen molar-refractivity contribution in [2.24, 2.45) is 5.92 Å². The highest BCUT2D eigenvalue weighted by molar-refractivity contribution is 7.11. The quantitative estimate of drug-likeness (QED) is 0.824. The lowest BCUT2D eigenvalue weighted by Gasteiger charge is -2.18. The minimum absolute atomic E-state index is 0.334. The van der Waals surface area contributed by atoms with Gasteiger partial charge in [0.05, 0.1) is 0 Å². The van der Waals surface area contributed by atoms with E-state index in [1.165, 1.54) is 29.0 Å². The van der Waals surface area contributed by atoms with E-state index in [2.05, 4.69) is 24.4 Å². The molecule has 1 aromatic rings. The fourth-order valence-electron chi connectivity index (χ4n) is 2.34. The summed E-state index contributed by atoms with van der Waals surface area (Å²) in [6.07, 6.45) is 3.65. The lowest BCUT2D eigenvalue weighted by molar-refractivity contribution is 0.205. The highest BCUT2D eigenvalue weighted by atomic mass is 32.1. The van der Waals surface area contributed by atoms with Gasteiger partial charge in [-0.1, -0.05) is 6.42 Å². The van der Waals surface area contributed by atoms with Gasteiger partial charge in [0.2, 0.25) is 0 Å². The van der Waals surface area contributed by atoms with Crippen LogP contribution in [0.3, 0.4) is 0 Å². The molecule has 0 radical (unpaired) electrons. The van der Waals surface area contributed by atoms with E-state index < -0.39 is 0 Å². The number of hydrogen-bond acceptors (Lipinski definition) is 3. The molecule has 84 valence electrons. The van der Waals surface area contributed by atoms with E-state index in [0.29, 0.717) is 18.6 Å². The van der Waals surface area contributed by atoms with E-state index in [4.69, 9.17) is 0 Å². The van der Waals surface area contributed by atoms with Crippen molar-refractivity contribution >= 4 is 11.3 Å². The van der Waals surface area contributed by atoms with Crippen LogP contribution in [0, 0.1) is 12.8 Å². The maximum atomic E-state index is 9.20. The first-order valence-corrected chi connectivity index (χ1v) is 6.51. The molecular formula is C12H19NOS. The van der Waals surface area contributed by atoms with Crippen molar-refractivity contribution in [1.29, 1.82) is 0 Å². The van der Waals surface area contributed by atoms with E-state index >= 15 is 0 Å². The van der Waals surface area contributed by atoms with Crippen LogP contribution in [0.4, 0.5) is 0 Å². The zero-order valence-electron chi connectivity index (χ0n) is 9.20. The van der Waals surface area contributed by atoms with Crippen molar-refractivity contribution in [3.8, 4) is 0 Å². The normalized spacial score (nSPS) is 26.0. The Morgan fingerprint density at radius 1 is 1.47 bits per heavy atom. The molecule has 2 nitrogen and oxygen atoms in total. The molecule has 0 saturated heterocycles. The van der Waals surface area contributed by atoms with Crippen molar-refractivity contribution in [2.45, 2.75) is 38.8 Å². The summed E-state index contributed by atoms with van der Waals surface area (Å²) in [5, 5.41) is 12.8. The van der Waals surface area contributed by atoms with Gasteiger partial charge in [-0.05, 0) is 37.8 Å². The monoisotopic (exact) mass is 225 g/mol. The fourth-order valence-corrected chi connectivity index (χ4v) is 3.18. The van der Waals surface area contributed by atoms with Crippen LogP contribution in [0.2, 0.25) is 0 Å². The van der Waals surface area contributed by atoms with Crippen molar-refractivity contribution in [3.63, 3.8) is 0 Å². The SMILES string of the molecule is Cc1ccc(CNC2CCCC2CO)s1. The second kappa shape index (κ2) is 5.10. The summed E-state index contributed by atoms with van der Waals surface area (Å²) < 4.78 is 0. The van der Waals surface area contributed by atoms with Gasteiger partial charge >= 0.3 is 0 Å². The molecule has 1 aliphatic rings. The third-order valence-corrected chi connectivity index (χ3v) is 4.23. The summed E-state index contributed by atoms with van der Waals surface area (Å²) in [6.45, 7) is 3.43. The summed E-state index contributed by atoms with van der Waals surface area (Å²) in [6, 6.07) is 4.88. The molecule has 2 rings (SSSR count). The topological polar surface area (TPSA) is 32.3 Å². The molecule has 2 N–H and O–H groups in total. The number of thiophene rings is 1. The van der Waals surface area contributed by atoms with Crippen molar-refractivity contribution in [1.82, 2.24) is 5.32 Å². The Hall–Kier alpha value is -0.380. The van der Waals surface area contributed by atoms with Crippen LogP contribution in [0.15, 0.2) is 12.1 Å². The molecule has 2 unspecified atom stereocenters. The fraction of sp³-hybridized carbons (Fsp3) is 0.667. The highest BCUT2D eigenvalue weighted by Gasteiger charge is 2.25. The molecular weight excluding hydrogens is 206 g/mol. The second-order valence-electron chi connectivity index (χ2n) is 4.37. The Bertz CT molecular complexity index is 310. The van der Waals surface area contributed by atoms with Crippen molar-refractivity contribution < 1.29 is 5.11 Å². The summed E-state index contributed by atoms with van der Waals surface area (Å²) >= 11 is 1.85. The van der Waals surface area contributed by atoms with Crippen LogP contribution >= 0.6 is 11.3 Å². The van der Waals surface area contributed by atoms with Crippen LogP contribution in [-0.4, -0.2) is 17.8 Å². The average molecular weight is 225 g/mol. The van der Waals surface area contributed by atoms with Crippen LogP contribution in [0.1, 0.15) is 29.0 Å². The number of hydrogen-bond donors (Lipinski definition) is 2. The average Bonchev–Trinajstić information content (AvgIpc) is 2.83. The van der Waals surface area contributed by atoms with Gasteiger partial charge in [-0.15, -0.1) is 11.3 Å². The third-order valence-electron chi connectivity index (χ3n) is 3.23. The molecule has 1 heterocycles. The number of nitrogens with one attached hydrogen (secondary N) is 1. The minimum Gasteiger partial charge on any atom is -0.396 e. The predicted octanol–water partition coefficient (Wildman–Crippen LogP) is 2.31. The number of aryl methyl sites for hydroxylation is 1. The van der Waals surface area contributed by atoms with Gasteiger partial charge in [0.25, 0.3) is 0 Å². The third kappa shape index (κ3) is 2.80. The molecule has 0 spiro atoms. The summed E-state index contributed by atoms with van der Waals surface area (Å²) in [5.74, 6) is 0.478. The lowest BCUT2D eigenvalue weighted by atomic mass is 10.1. The largest absolute Gasteiger partial charge is 0.396 e. The van der Waals surface area contributed by atoms with Gasteiger partial charge in [0.1, 0.15) is 0 Å². The van der Waals surface area contributed by atoms with Gasteiger partial charge in [0, 0.05) is 28.9 Å². The van der Waals surface area contributed by atoms with Gasteiger partial charge < -0.3 is 10.4 Å². The van der Waals surface area contributed by atoms with Crippen molar-refractivity contribution in [3.05, 3.63) is 21.9 Å². The van der Waals surface area contributed by atoms with Crippen molar-refractivity contribution in [2.75, 3.05) is 6.61 Å². The number of aliphatic hydroxyl groups excluding tert-OH is 1. The summed E-state index contributed by atoms with van der Waals surface area (Å²) in [4.78, 5) is 2.77. The van der Waals surface area contributed by atoms with E-state index in [9.17, 15) is 5.11 Å². The van der Waals surface area contributed by atoms with E-state index in [1.807, 2.05) is 11.3 Å². The molecule has 2 atom stereocenters. The lowest BCUT2D eigenvalue weighted by Crippen LogP contribution is -2.33. The first-order valence-electron chi connectivity index (χ1n) is 5.69. The molecule has 3 heteroatoms. The van der Waals surface area contributed by atoms with Crippen LogP contribution < -0.4 is 5.32 Å². The Labute approximate surface area is 95.3 Å². The minimum atomic E-state index is 0.334. The van der Waals surface area contributed by atoms with Crippen LogP contribution in [0.25, 0.3) is 0 Å². The zero-order valence-corrected chi connectivity index (χ0v) is 10.0. The second-order valence-corrected chi connectivity index (χ2v) is 5.75. The maximum Gasteiger partial charge on any atom is 0.0474 e. The van der Waals surface area contributed by atoms with E-state index in [1.54, 1.807) is 0 Å². The molecule has 0 aromatic carbocycles. The molecule has 1 saturated carbocycles. The Balaban J connectivity index is 1.82. The molecule has 1 aromatic heterocycles. The van der Waals surface area contributed by atoms with Gasteiger partial charge in [-0.25, -0.2) is 0 Å².